The van der Waals surface area contributed by atoms with Crippen LogP contribution in [0.1, 0.15) is 187 Å². The van der Waals surface area contributed by atoms with Crippen LogP contribution in [0, 0.1) is 0 Å². The SMILES string of the molecule is CCCCCCCCCCCC[N+](C)(C)CCCCCCCCCCCCCCCCCCCCO. The number of unbranched alkanes of at least 4 members (excludes halogenated alkanes) is 26. The summed E-state index contributed by atoms with van der Waals surface area (Å²) in [5.74, 6) is 0. The molecule has 0 aromatic carbocycles. The van der Waals surface area contributed by atoms with Gasteiger partial charge in [-0.2, -0.15) is 0 Å². The van der Waals surface area contributed by atoms with Gasteiger partial charge in [0.05, 0.1) is 27.2 Å². The molecule has 0 unspecified atom stereocenters. The van der Waals surface area contributed by atoms with E-state index in [0.717, 1.165) is 6.42 Å². The lowest BCUT2D eigenvalue weighted by Crippen LogP contribution is -2.41. The van der Waals surface area contributed by atoms with Crippen molar-refractivity contribution < 1.29 is 9.59 Å². The average molecular weight is 511 g/mol. The Morgan fingerprint density at radius 2 is 0.556 bits per heavy atom. The van der Waals surface area contributed by atoms with E-state index in [1.54, 1.807) is 0 Å². The molecule has 0 radical (unpaired) electrons. The van der Waals surface area contributed by atoms with Crippen molar-refractivity contribution in [1.29, 1.82) is 0 Å². The molecule has 0 heterocycles. The number of aliphatic hydroxyl groups excluding tert-OH is 1. The third kappa shape index (κ3) is 30.1. The Morgan fingerprint density at radius 3 is 0.806 bits per heavy atom. The second kappa shape index (κ2) is 29.5. The van der Waals surface area contributed by atoms with Gasteiger partial charge in [-0.05, 0) is 32.1 Å². The lowest BCUT2D eigenvalue weighted by Gasteiger charge is -2.30. The summed E-state index contributed by atoms with van der Waals surface area (Å²) in [7, 11) is 4.91. The fourth-order valence-electron chi connectivity index (χ4n) is 5.62. The number of nitrogens with zero attached hydrogens (tertiary/aromatic N) is 1. The van der Waals surface area contributed by atoms with Crippen molar-refractivity contribution in [3.8, 4) is 0 Å². The number of hydrogen-bond acceptors (Lipinski definition) is 1. The lowest BCUT2D eigenvalue weighted by molar-refractivity contribution is -0.890. The summed E-state index contributed by atoms with van der Waals surface area (Å²) < 4.78 is 1.24. The van der Waals surface area contributed by atoms with Gasteiger partial charge in [-0.3, -0.25) is 0 Å². The molecule has 0 fully saturated rings. The smallest absolute Gasteiger partial charge is 0.0782 e. The Morgan fingerprint density at radius 1 is 0.333 bits per heavy atom. The Kier molecular flexibility index (Phi) is 29.4. The molecule has 0 amide bonds. The highest BCUT2D eigenvalue weighted by Gasteiger charge is 2.13. The van der Waals surface area contributed by atoms with Crippen LogP contribution in [0.25, 0.3) is 0 Å². The molecule has 0 bridgehead atoms. The summed E-state index contributed by atoms with van der Waals surface area (Å²) in [4.78, 5) is 0. The number of quaternary nitrogens is 1. The Balaban J connectivity index is 3.24. The van der Waals surface area contributed by atoms with Crippen molar-refractivity contribution in [3.63, 3.8) is 0 Å². The molecule has 0 aliphatic carbocycles. The van der Waals surface area contributed by atoms with E-state index >= 15 is 0 Å². The maximum absolute atomic E-state index is 8.79. The van der Waals surface area contributed by atoms with Crippen LogP contribution in [0.4, 0.5) is 0 Å². The molecule has 0 spiro atoms. The molecule has 0 aromatic rings. The van der Waals surface area contributed by atoms with Gasteiger partial charge in [0.2, 0.25) is 0 Å². The number of rotatable bonds is 31. The van der Waals surface area contributed by atoms with E-state index in [1.807, 2.05) is 0 Å². The topological polar surface area (TPSA) is 20.2 Å². The van der Waals surface area contributed by atoms with Gasteiger partial charge in [0.25, 0.3) is 0 Å². The van der Waals surface area contributed by atoms with Crippen molar-refractivity contribution in [2.75, 3.05) is 33.8 Å². The fraction of sp³-hybridized carbons (Fsp3) is 1.00. The number of hydrogen-bond donors (Lipinski definition) is 1. The summed E-state index contributed by atoms with van der Waals surface area (Å²) in [5, 5.41) is 8.79. The van der Waals surface area contributed by atoms with Crippen molar-refractivity contribution in [1.82, 2.24) is 0 Å². The van der Waals surface area contributed by atoms with Gasteiger partial charge in [-0.25, -0.2) is 0 Å². The van der Waals surface area contributed by atoms with E-state index in [0.29, 0.717) is 6.61 Å². The van der Waals surface area contributed by atoms with Crippen LogP contribution in [0.3, 0.4) is 0 Å². The first-order valence-corrected chi connectivity index (χ1v) is 17.1. The summed E-state index contributed by atoms with van der Waals surface area (Å²) in [6.07, 6.45) is 39.6. The lowest BCUT2D eigenvalue weighted by atomic mass is 10.0. The van der Waals surface area contributed by atoms with Gasteiger partial charge in [-0.15, -0.1) is 0 Å². The first-order chi connectivity index (χ1) is 17.6. The molecule has 36 heavy (non-hydrogen) atoms. The minimum absolute atomic E-state index is 0.372. The van der Waals surface area contributed by atoms with Gasteiger partial charge in [0, 0.05) is 6.61 Å². The molecule has 2 heteroatoms. The van der Waals surface area contributed by atoms with Gasteiger partial charge in [-0.1, -0.05) is 155 Å². The van der Waals surface area contributed by atoms with Crippen LogP contribution in [0.2, 0.25) is 0 Å². The van der Waals surface area contributed by atoms with Crippen molar-refractivity contribution in [2.45, 2.75) is 187 Å². The maximum atomic E-state index is 8.79. The van der Waals surface area contributed by atoms with Gasteiger partial charge in [0.1, 0.15) is 0 Å². The largest absolute Gasteiger partial charge is 0.396 e. The van der Waals surface area contributed by atoms with E-state index in [9.17, 15) is 0 Å². The number of aliphatic hydroxyl groups is 1. The second-order valence-corrected chi connectivity index (χ2v) is 12.7. The zero-order valence-electron chi connectivity index (χ0n) is 25.8. The minimum Gasteiger partial charge on any atom is -0.396 e. The predicted molar refractivity (Wildman–Crippen MR) is 164 cm³/mol. The molecule has 1 N–H and O–H groups in total. The Labute approximate surface area is 230 Å². The minimum atomic E-state index is 0.372. The molecule has 0 rings (SSSR count). The van der Waals surface area contributed by atoms with E-state index < -0.39 is 0 Å². The van der Waals surface area contributed by atoms with Crippen LogP contribution in [0.15, 0.2) is 0 Å². The summed E-state index contributed by atoms with van der Waals surface area (Å²) in [6.45, 7) is 5.43. The average Bonchev–Trinajstić information content (AvgIpc) is 2.86. The zero-order valence-corrected chi connectivity index (χ0v) is 25.8. The van der Waals surface area contributed by atoms with Crippen molar-refractivity contribution in [3.05, 3.63) is 0 Å². The van der Waals surface area contributed by atoms with Crippen LogP contribution in [-0.2, 0) is 0 Å². The van der Waals surface area contributed by atoms with Crippen LogP contribution in [-0.4, -0.2) is 43.4 Å². The molecular weight excluding hydrogens is 438 g/mol. The molecule has 2 nitrogen and oxygen atoms in total. The summed E-state index contributed by atoms with van der Waals surface area (Å²) >= 11 is 0. The zero-order chi connectivity index (χ0) is 26.4. The normalized spacial score (nSPS) is 12.0. The molecule has 0 saturated carbocycles. The quantitative estimate of drug-likeness (QED) is 0.0726. The highest BCUT2D eigenvalue weighted by Crippen LogP contribution is 2.16. The van der Waals surface area contributed by atoms with E-state index in [-0.39, 0.29) is 0 Å². The molecule has 218 valence electrons. The molecule has 0 aliphatic rings. The van der Waals surface area contributed by atoms with Crippen LogP contribution >= 0.6 is 0 Å². The highest BCUT2D eigenvalue weighted by atomic mass is 16.2. The summed E-state index contributed by atoms with van der Waals surface area (Å²) in [5.41, 5.74) is 0. The van der Waals surface area contributed by atoms with Crippen LogP contribution < -0.4 is 0 Å². The van der Waals surface area contributed by atoms with E-state index in [1.165, 1.54) is 191 Å². The predicted octanol–water partition coefficient (Wildman–Crippen LogP) is 11.0. The monoisotopic (exact) mass is 511 g/mol. The molecule has 0 atom stereocenters. The van der Waals surface area contributed by atoms with Gasteiger partial charge < -0.3 is 9.59 Å². The van der Waals surface area contributed by atoms with E-state index in [4.69, 9.17) is 5.11 Å². The molecule has 0 aromatic heterocycles. The summed E-state index contributed by atoms with van der Waals surface area (Å²) in [6, 6.07) is 0. The first kappa shape index (κ1) is 35.9. The molecular formula is C34H72NO+. The molecule has 0 aliphatic heterocycles. The van der Waals surface area contributed by atoms with Crippen molar-refractivity contribution >= 4 is 0 Å². The van der Waals surface area contributed by atoms with Gasteiger partial charge in [0.15, 0.2) is 0 Å². The molecule has 0 saturated heterocycles. The first-order valence-electron chi connectivity index (χ1n) is 17.1. The standard InChI is InChI=1S/C34H72NO/c1-4-5-6-7-8-9-20-23-26-29-32-35(2,3)33-30-27-24-21-18-16-14-12-10-11-13-15-17-19-22-25-28-31-34-36/h36H,4-34H2,1-3H3/q+1. The fourth-order valence-corrected chi connectivity index (χ4v) is 5.62. The highest BCUT2D eigenvalue weighted by molar-refractivity contribution is 4.52. The second-order valence-electron chi connectivity index (χ2n) is 12.7. The van der Waals surface area contributed by atoms with Gasteiger partial charge >= 0.3 is 0 Å². The third-order valence-electron chi connectivity index (χ3n) is 8.29. The Bertz CT molecular complexity index is 395. The van der Waals surface area contributed by atoms with Crippen molar-refractivity contribution in [2.24, 2.45) is 0 Å². The maximum Gasteiger partial charge on any atom is 0.0782 e. The third-order valence-corrected chi connectivity index (χ3v) is 8.29. The van der Waals surface area contributed by atoms with E-state index in [2.05, 4.69) is 21.0 Å². The van der Waals surface area contributed by atoms with Crippen LogP contribution in [0.5, 0.6) is 0 Å². The Hall–Kier alpha value is -0.0800.